The molecule has 118 valence electrons. The molecule has 1 N–H and O–H groups in total. The molecule has 0 saturated carbocycles. The van der Waals surface area contributed by atoms with E-state index in [4.69, 9.17) is 0 Å². The summed E-state index contributed by atoms with van der Waals surface area (Å²) in [5.74, 6) is -0.216. The fourth-order valence-electron chi connectivity index (χ4n) is 2.72. The number of carbonyl (C=O) groups excluding carboxylic acids is 1. The highest BCUT2D eigenvalue weighted by Crippen LogP contribution is 2.26. The third-order valence-corrected chi connectivity index (χ3v) is 4.47. The molecule has 3 rings (SSSR count). The Kier molecular flexibility index (Phi) is 4.76. The van der Waals surface area contributed by atoms with E-state index in [9.17, 15) is 4.79 Å². The van der Waals surface area contributed by atoms with Gasteiger partial charge in [0.15, 0.2) is 0 Å². The molecule has 23 heavy (non-hydrogen) atoms. The summed E-state index contributed by atoms with van der Waals surface area (Å²) in [6.45, 7) is 1.10. The van der Waals surface area contributed by atoms with Gasteiger partial charge < -0.3 is 4.90 Å². The standard InChI is InChI=1S/C18H18BrN3O/c1-22-10-2-3-15-11-13(4-9-17(15)22)12-20-21-18(23)14-5-7-16(19)8-6-14/h4-9,11-12H,2-3,10H2,1H3,(H,21,23). The number of anilines is 1. The van der Waals surface area contributed by atoms with Gasteiger partial charge in [-0.05, 0) is 60.4 Å². The average Bonchev–Trinajstić information content (AvgIpc) is 2.55. The predicted molar refractivity (Wildman–Crippen MR) is 97.2 cm³/mol. The van der Waals surface area contributed by atoms with Gasteiger partial charge in [-0.25, -0.2) is 5.43 Å². The first-order chi connectivity index (χ1) is 11.1. The molecule has 0 fully saturated rings. The molecular weight excluding hydrogens is 354 g/mol. The van der Waals surface area contributed by atoms with E-state index < -0.39 is 0 Å². The SMILES string of the molecule is CN1CCCc2cc(C=NNC(=O)c3ccc(Br)cc3)ccc21. The van der Waals surface area contributed by atoms with E-state index in [1.165, 1.54) is 17.7 Å². The smallest absolute Gasteiger partial charge is 0.271 e. The fraction of sp³-hybridized carbons (Fsp3) is 0.222. The van der Waals surface area contributed by atoms with Gasteiger partial charge in [-0.1, -0.05) is 22.0 Å². The molecule has 2 aromatic carbocycles. The second kappa shape index (κ2) is 6.96. The summed E-state index contributed by atoms with van der Waals surface area (Å²) in [5.41, 5.74) is 6.76. The summed E-state index contributed by atoms with van der Waals surface area (Å²) in [6, 6.07) is 13.5. The van der Waals surface area contributed by atoms with E-state index in [-0.39, 0.29) is 5.91 Å². The highest BCUT2D eigenvalue weighted by Gasteiger charge is 2.13. The summed E-state index contributed by atoms with van der Waals surface area (Å²) >= 11 is 3.35. The van der Waals surface area contributed by atoms with E-state index in [0.717, 1.165) is 23.0 Å². The molecule has 1 heterocycles. The van der Waals surface area contributed by atoms with Crippen LogP contribution in [0.2, 0.25) is 0 Å². The van der Waals surface area contributed by atoms with Crippen molar-refractivity contribution in [2.75, 3.05) is 18.5 Å². The van der Waals surface area contributed by atoms with Gasteiger partial charge in [0, 0.05) is 29.3 Å². The number of hydrazone groups is 1. The van der Waals surface area contributed by atoms with Crippen LogP contribution in [0.3, 0.4) is 0 Å². The Morgan fingerprint density at radius 2 is 2.04 bits per heavy atom. The molecule has 0 bridgehead atoms. The third-order valence-electron chi connectivity index (χ3n) is 3.94. The van der Waals surface area contributed by atoms with Crippen LogP contribution in [0.1, 0.15) is 27.9 Å². The molecule has 0 radical (unpaired) electrons. The number of aryl methyl sites for hydroxylation is 1. The van der Waals surface area contributed by atoms with Gasteiger partial charge in [0.25, 0.3) is 5.91 Å². The number of hydrogen-bond donors (Lipinski definition) is 1. The van der Waals surface area contributed by atoms with Gasteiger partial charge in [-0.15, -0.1) is 0 Å². The zero-order valence-corrected chi connectivity index (χ0v) is 14.5. The lowest BCUT2D eigenvalue weighted by atomic mass is 10.00. The van der Waals surface area contributed by atoms with Gasteiger partial charge >= 0.3 is 0 Å². The van der Waals surface area contributed by atoms with E-state index in [2.05, 4.69) is 50.5 Å². The number of nitrogens with one attached hydrogen (secondary N) is 1. The average molecular weight is 372 g/mol. The number of rotatable bonds is 3. The number of hydrogen-bond acceptors (Lipinski definition) is 3. The molecule has 0 aliphatic carbocycles. The maximum atomic E-state index is 12.0. The van der Waals surface area contributed by atoms with E-state index in [1.54, 1.807) is 18.3 Å². The minimum atomic E-state index is -0.216. The zero-order chi connectivity index (χ0) is 16.2. The molecule has 0 spiro atoms. The third kappa shape index (κ3) is 3.79. The molecule has 1 aliphatic rings. The van der Waals surface area contributed by atoms with Crippen LogP contribution in [-0.2, 0) is 6.42 Å². The van der Waals surface area contributed by atoms with Crippen LogP contribution in [0.4, 0.5) is 5.69 Å². The van der Waals surface area contributed by atoms with Gasteiger partial charge in [0.1, 0.15) is 0 Å². The lowest BCUT2D eigenvalue weighted by molar-refractivity contribution is 0.0955. The van der Waals surface area contributed by atoms with Crippen LogP contribution in [0, 0.1) is 0 Å². The molecule has 0 saturated heterocycles. The molecule has 5 heteroatoms. The molecule has 2 aromatic rings. The van der Waals surface area contributed by atoms with Crippen LogP contribution in [-0.4, -0.2) is 25.7 Å². The predicted octanol–water partition coefficient (Wildman–Crippen LogP) is 3.60. The van der Waals surface area contributed by atoms with E-state index in [0.29, 0.717) is 5.56 Å². The number of benzene rings is 2. The van der Waals surface area contributed by atoms with Crippen molar-refractivity contribution < 1.29 is 4.79 Å². The second-order valence-electron chi connectivity index (χ2n) is 5.62. The molecule has 0 atom stereocenters. The van der Waals surface area contributed by atoms with Crippen LogP contribution in [0.25, 0.3) is 0 Å². The summed E-state index contributed by atoms with van der Waals surface area (Å²) < 4.78 is 0.941. The van der Waals surface area contributed by atoms with Gasteiger partial charge in [-0.3, -0.25) is 4.79 Å². The lowest BCUT2D eigenvalue weighted by Gasteiger charge is -2.27. The first kappa shape index (κ1) is 15.7. The highest BCUT2D eigenvalue weighted by molar-refractivity contribution is 9.10. The fourth-order valence-corrected chi connectivity index (χ4v) is 2.98. The topological polar surface area (TPSA) is 44.7 Å². The van der Waals surface area contributed by atoms with Crippen LogP contribution >= 0.6 is 15.9 Å². The Balaban J connectivity index is 1.66. The minimum Gasteiger partial charge on any atom is -0.374 e. The number of halogens is 1. The minimum absolute atomic E-state index is 0.216. The van der Waals surface area contributed by atoms with Gasteiger partial charge in [0.05, 0.1) is 6.21 Å². The molecule has 0 unspecified atom stereocenters. The zero-order valence-electron chi connectivity index (χ0n) is 12.9. The second-order valence-corrected chi connectivity index (χ2v) is 6.53. The van der Waals surface area contributed by atoms with Crippen molar-refractivity contribution in [3.8, 4) is 0 Å². The highest BCUT2D eigenvalue weighted by atomic mass is 79.9. The maximum absolute atomic E-state index is 12.0. The Hall–Kier alpha value is -2.14. The maximum Gasteiger partial charge on any atom is 0.271 e. The summed E-state index contributed by atoms with van der Waals surface area (Å²) in [7, 11) is 2.12. The van der Waals surface area contributed by atoms with Crippen LogP contribution in [0.5, 0.6) is 0 Å². The molecule has 4 nitrogen and oxygen atoms in total. The van der Waals surface area contributed by atoms with Gasteiger partial charge in [-0.2, -0.15) is 5.10 Å². The molecule has 1 amide bonds. The quantitative estimate of drug-likeness (QED) is 0.661. The Labute approximate surface area is 144 Å². The van der Waals surface area contributed by atoms with Crippen molar-refractivity contribution in [1.82, 2.24) is 5.43 Å². The Morgan fingerprint density at radius 1 is 1.26 bits per heavy atom. The summed E-state index contributed by atoms with van der Waals surface area (Å²) in [6.07, 6.45) is 3.95. The first-order valence-electron chi connectivity index (χ1n) is 7.56. The van der Waals surface area contributed by atoms with Crippen molar-refractivity contribution in [3.63, 3.8) is 0 Å². The van der Waals surface area contributed by atoms with Crippen molar-refractivity contribution in [3.05, 3.63) is 63.6 Å². The van der Waals surface area contributed by atoms with Crippen LogP contribution < -0.4 is 10.3 Å². The lowest BCUT2D eigenvalue weighted by Crippen LogP contribution is -2.24. The van der Waals surface area contributed by atoms with Crippen molar-refractivity contribution in [2.45, 2.75) is 12.8 Å². The van der Waals surface area contributed by atoms with Gasteiger partial charge in [0.2, 0.25) is 0 Å². The first-order valence-corrected chi connectivity index (χ1v) is 8.36. The monoisotopic (exact) mass is 371 g/mol. The van der Waals surface area contributed by atoms with Crippen molar-refractivity contribution in [2.24, 2.45) is 5.10 Å². The Morgan fingerprint density at radius 3 is 2.83 bits per heavy atom. The molecule has 1 aliphatic heterocycles. The number of nitrogens with zero attached hydrogens (tertiary/aromatic N) is 2. The molecular formula is C18H18BrN3O. The summed E-state index contributed by atoms with van der Waals surface area (Å²) in [5, 5.41) is 4.06. The van der Waals surface area contributed by atoms with Crippen LogP contribution in [0.15, 0.2) is 52.0 Å². The van der Waals surface area contributed by atoms with Crippen molar-refractivity contribution >= 4 is 33.7 Å². The number of fused-ring (bicyclic) bond motifs is 1. The number of amides is 1. The van der Waals surface area contributed by atoms with Crippen molar-refractivity contribution in [1.29, 1.82) is 0 Å². The normalized spacial score (nSPS) is 13.9. The Bertz CT molecular complexity index is 740. The largest absolute Gasteiger partial charge is 0.374 e. The van der Waals surface area contributed by atoms with E-state index >= 15 is 0 Å². The van der Waals surface area contributed by atoms with E-state index in [1.807, 2.05) is 18.2 Å². The summed E-state index contributed by atoms with van der Waals surface area (Å²) in [4.78, 5) is 14.2. The molecule has 0 aromatic heterocycles. The number of carbonyl (C=O) groups is 1.